The number of hydrogen-bond donors (Lipinski definition) is 2. The molecule has 3 heterocycles. The summed E-state index contributed by atoms with van der Waals surface area (Å²) in [6, 6.07) is 18.2. The van der Waals surface area contributed by atoms with Gasteiger partial charge in [-0.15, -0.1) is 11.3 Å². The Bertz CT molecular complexity index is 1910. The summed E-state index contributed by atoms with van der Waals surface area (Å²) >= 11 is 2.91. The molecule has 3 aromatic heterocycles. The smallest absolute Gasteiger partial charge is 0.250 e. The highest BCUT2D eigenvalue weighted by Crippen LogP contribution is 2.36. The number of imidazole rings is 1. The van der Waals surface area contributed by atoms with Crippen molar-refractivity contribution in [2.75, 3.05) is 5.32 Å². The lowest BCUT2D eigenvalue weighted by Crippen LogP contribution is -2.07. The van der Waals surface area contributed by atoms with Crippen LogP contribution in [0.5, 0.6) is 0 Å². The minimum atomic E-state index is -0.288. The van der Waals surface area contributed by atoms with Gasteiger partial charge in [0.1, 0.15) is 22.7 Å². The van der Waals surface area contributed by atoms with Crippen LogP contribution in [0.15, 0.2) is 94.7 Å². The molecule has 10 heteroatoms. The molecule has 1 amide bonds. The number of aromatic amines is 1. The molecule has 7 nitrogen and oxygen atoms in total. The second kappa shape index (κ2) is 11.4. The zero-order valence-corrected chi connectivity index (χ0v) is 23.7. The lowest BCUT2D eigenvalue weighted by molar-refractivity contribution is -0.111. The van der Waals surface area contributed by atoms with Crippen LogP contribution in [0.2, 0.25) is 0 Å². The van der Waals surface area contributed by atoms with Gasteiger partial charge in [0.15, 0.2) is 10.8 Å². The van der Waals surface area contributed by atoms with Crippen molar-refractivity contribution in [3.63, 3.8) is 0 Å². The van der Waals surface area contributed by atoms with Gasteiger partial charge in [0.25, 0.3) is 0 Å². The van der Waals surface area contributed by atoms with Crippen molar-refractivity contribution in [1.29, 1.82) is 0 Å². The van der Waals surface area contributed by atoms with E-state index in [-0.39, 0.29) is 11.7 Å². The van der Waals surface area contributed by atoms with E-state index in [2.05, 4.69) is 56.2 Å². The van der Waals surface area contributed by atoms with Crippen molar-refractivity contribution < 1.29 is 9.18 Å². The van der Waals surface area contributed by atoms with Crippen molar-refractivity contribution in [2.24, 2.45) is 0 Å². The molecular formula is C31H23FN6OS2. The molecule has 0 aliphatic rings. The van der Waals surface area contributed by atoms with Gasteiger partial charge in [-0.2, -0.15) is 0 Å². The Morgan fingerprint density at radius 1 is 1.00 bits per heavy atom. The number of fused-ring (bicyclic) bond motifs is 1. The summed E-state index contributed by atoms with van der Waals surface area (Å²) in [7, 11) is 0. The number of thiazole rings is 1. The third-order valence-corrected chi connectivity index (χ3v) is 8.09. The van der Waals surface area contributed by atoms with Crippen LogP contribution < -0.4 is 5.32 Å². The van der Waals surface area contributed by atoms with Crippen molar-refractivity contribution in [3.05, 3.63) is 107 Å². The predicted molar refractivity (Wildman–Crippen MR) is 162 cm³/mol. The molecule has 0 atom stereocenters. The standard InChI is InChI=1S/C31H23FN6OS2/c1-18-11-24(41-30-28-29(34-16-33-28)35-17-36-30)12-19(2)27(18)25-15-40-31(37-25)38-26(39)10-9-20-5-3-6-21(13-20)22-7-4-8-23(32)14-22/h3-17H,1-2H3,(H,37,38,39)(H,33,34,35,36)/b10-9+. The van der Waals surface area contributed by atoms with Crippen molar-refractivity contribution in [1.82, 2.24) is 24.9 Å². The molecule has 0 aliphatic carbocycles. The molecule has 0 bridgehead atoms. The quantitative estimate of drug-likeness (QED) is 0.149. The van der Waals surface area contributed by atoms with Gasteiger partial charge in [-0.25, -0.2) is 24.3 Å². The van der Waals surface area contributed by atoms with Crippen LogP contribution in [0.25, 0.3) is 39.6 Å². The summed E-state index contributed by atoms with van der Waals surface area (Å²) in [4.78, 5) is 34.3. The normalized spacial score (nSPS) is 11.4. The Hall–Kier alpha value is -4.67. The van der Waals surface area contributed by atoms with Crippen LogP contribution in [0, 0.1) is 19.7 Å². The van der Waals surface area contributed by atoms with Gasteiger partial charge >= 0.3 is 0 Å². The van der Waals surface area contributed by atoms with E-state index >= 15 is 0 Å². The van der Waals surface area contributed by atoms with Gasteiger partial charge in [-0.3, -0.25) is 10.1 Å². The molecular weight excluding hydrogens is 556 g/mol. The van der Waals surface area contributed by atoms with E-state index in [1.54, 1.807) is 18.5 Å². The fourth-order valence-corrected chi connectivity index (χ4v) is 6.32. The summed E-state index contributed by atoms with van der Waals surface area (Å²) in [6.45, 7) is 4.10. The molecule has 0 fully saturated rings. The largest absolute Gasteiger partial charge is 0.329 e. The lowest BCUT2D eigenvalue weighted by atomic mass is 10.0. The zero-order chi connectivity index (χ0) is 28.3. The Kier molecular flexibility index (Phi) is 7.41. The summed E-state index contributed by atoms with van der Waals surface area (Å²) in [5.74, 6) is -0.569. The number of halogens is 1. The van der Waals surface area contributed by atoms with E-state index in [0.717, 1.165) is 54.5 Å². The van der Waals surface area contributed by atoms with E-state index in [1.807, 2.05) is 35.7 Å². The van der Waals surface area contributed by atoms with E-state index in [9.17, 15) is 9.18 Å². The molecule has 3 aromatic carbocycles. The fraction of sp³-hybridized carbons (Fsp3) is 0.0645. The molecule has 0 spiro atoms. The van der Waals surface area contributed by atoms with E-state index < -0.39 is 0 Å². The number of nitrogens with zero attached hydrogens (tertiary/aromatic N) is 4. The van der Waals surface area contributed by atoms with Gasteiger partial charge in [-0.1, -0.05) is 42.1 Å². The van der Waals surface area contributed by atoms with Gasteiger partial charge in [0, 0.05) is 21.9 Å². The summed E-state index contributed by atoms with van der Waals surface area (Å²) in [5, 5.41) is 6.11. The molecule has 0 radical (unpaired) electrons. The Morgan fingerprint density at radius 2 is 1.78 bits per heavy atom. The fourth-order valence-electron chi connectivity index (χ4n) is 4.57. The van der Waals surface area contributed by atoms with Crippen LogP contribution in [-0.4, -0.2) is 30.8 Å². The highest BCUT2D eigenvalue weighted by molar-refractivity contribution is 7.99. The number of benzene rings is 3. The molecule has 41 heavy (non-hydrogen) atoms. The van der Waals surface area contributed by atoms with Crippen molar-refractivity contribution in [3.8, 4) is 22.4 Å². The molecule has 0 unspecified atom stereocenters. The Labute approximate surface area is 243 Å². The SMILES string of the molecule is Cc1cc(Sc2ncnc3[nH]cnc23)cc(C)c1-c1csc(NC(=O)/C=C/c2cccc(-c3cccc(F)c3)c2)n1. The number of aromatic nitrogens is 5. The van der Waals surface area contributed by atoms with Crippen LogP contribution in [0.3, 0.4) is 0 Å². The first-order valence-corrected chi connectivity index (χ1v) is 14.4. The number of anilines is 1. The topological polar surface area (TPSA) is 96.5 Å². The number of nitrogens with one attached hydrogen (secondary N) is 2. The number of aryl methyl sites for hydroxylation is 2. The molecule has 0 saturated heterocycles. The van der Waals surface area contributed by atoms with E-state index in [4.69, 9.17) is 0 Å². The summed E-state index contributed by atoms with van der Waals surface area (Å²) in [6.07, 6.45) is 6.34. The summed E-state index contributed by atoms with van der Waals surface area (Å²) < 4.78 is 13.6. The molecule has 2 N–H and O–H groups in total. The van der Waals surface area contributed by atoms with Gasteiger partial charge in [0.2, 0.25) is 5.91 Å². The third-order valence-electron chi connectivity index (χ3n) is 6.37. The number of H-pyrrole nitrogens is 1. The summed E-state index contributed by atoms with van der Waals surface area (Å²) in [5.41, 5.74) is 7.91. The molecule has 0 aliphatic heterocycles. The highest BCUT2D eigenvalue weighted by Gasteiger charge is 2.15. The van der Waals surface area contributed by atoms with Crippen LogP contribution in [-0.2, 0) is 4.79 Å². The number of hydrogen-bond acceptors (Lipinski definition) is 7. The van der Waals surface area contributed by atoms with Crippen LogP contribution in [0.4, 0.5) is 9.52 Å². The number of rotatable bonds is 7. The Morgan fingerprint density at radius 3 is 2.59 bits per heavy atom. The van der Waals surface area contributed by atoms with Crippen molar-refractivity contribution in [2.45, 2.75) is 23.8 Å². The van der Waals surface area contributed by atoms with Crippen LogP contribution >= 0.6 is 23.1 Å². The van der Waals surface area contributed by atoms with E-state index in [0.29, 0.717) is 10.8 Å². The highest BCUT2D eigenvalue weighted by atomic mass is 32.2. The minimum absolute atomic E-state index is 0.281. The maximum Gasteiger partial charge on any atom is 0.250 e. The molecule has 6 rings (SSSR count). The monoisotopic (exact) mass is 578 g/mol. The number of carbonyl (C=O) groups excluding carboxylic acids is 1. The second-order valence-corrected chi connectivity index (χ2v) is 11.2. The zero-order valence-electron chi connectivity index (χ0n) is 22.1. The lowest BCUT2D eigenvalue weighted by Gasteiger charge is -2.11. The van der Waals surface area contributed by atoms with Crippen LogP contribution in [0.1, 0.15) is 16.7 Å². The predicted octanol–water partition coefficient (Wildman–Crippen LogP) is 7.70. The van der Waals surface area contributed by atoms with Gasteiger partial charge < -0.3 is 4.98 Å². The number of amides is 1. The first-order chi connectivity index (χ1) is 19.9. The number of carbonyl (C=O) groups is 1. The second-order valence-electron chi connectivity index (χ2n) is 9.31. The molecule has 6 aromatic rings. The Balaban J connectivity index is 1.15. The molecule has 0 saturated carbocycles. The van der Waals surface area contributed by atoms with Gasteiger partial charge in [-0.05, 0) is 78.1 Å². The maximum atomic E-state index is 13.6. The first-order valence-electron chi connectivity index (χ1n) is 12.7. The van der Waals surface area contributed by atoms with E-state index in [1.165, 1.54) is 47.6 Å². The average molecular weight is 579 g/mol. The first kappa shape index (κ1) is 26.5. The van der Waals surface area contributed by atoms with Gasteiger partial charge in [0.05, 0.1) is 12.0 Å². The molecule has 202 valence electrons. The average Bonchev–Trinajstić information content (AvgIpc) is 3.62. The maximum absolute atomic E-state index is 13.6. The minimum Gasteiger partial charge on any atom is -0.329 e. The third kappa shape index (κ3) is 5.93. The van der Waals surface area contributed by atoms with Crippen molar-refractivity contribution >= 4 is 51.4 Å².